The first-order chi connectivity index (χ1) is 21.5. The Bertz CT molecular complexity index is 2180. The van der Waals surface area contributed by atoms with Crippen molar-refractivity contribution in [1.82, 2.24) is 9.13 Å². The van der Waals surface area contributed by atoms with Gasteiger partial charge in [-0.3, -0.25) is 9.36 Å². The maximum absolute atomic E-state index is 14.4. The summed E-state index contributed by atoms with van der Waals surface area (Å²) in [5.74, 6) is -1.21. The first-order valence-electron chi connectivity index (χ1n) is 13.5. The molecule has 1 aliphatic rings. The zero-order valence-electron chi connectivity index (χ0n) is 23.2. The van der Waals surface area contributed by atoms with Crippen LogP contribution >= 0.6 is 46.1 Å². The number of benzene rings is 3. The van der Waals surface area contributed by atoms with E-state index in [2.05, 4.69) is 4.99 Å². The number of carbonyl (C=O) groups excluding carboxylic acids is 1. The van der Waals surface area contributed by atoms with E-state index in [-0.39, 0.29) is 21.5 Å². The van der Waals surface area contributed by atoms with Gasteiger partial charge < -0.3 is 9.30 Å². The Kier molecular flexibility index (Phi) is 8.43. The zero-order chi connectivity index (χ0) is 32.0. The van der Waals surface area contributed by atoms with E-state index in [9.17, 15) is 22.8 Å². The number of aromatic nitrogens is 2. The molecule has 3 heterocycles. The molecule has 1 atom stereocenters. The second-order valence-electron chi connectivity index (χ2n) is 10.1. The second kappa shape index (κ2) is 12.2. The molecular weight excluding hydrogens is 670 g/mol. The summed E-state index contributed by atoms with van der Waals surface area (Å²) in [6, 6.07) is 17.3. The number of nitrogens with zero attached hydrogens (tertiary/aromatic N) is 3. The van der Waals surface area contributed by atoms with Crippen molar-refractivity contribution in [3.05, 3.63) is 136 Å². The lowest BCUT2D eigenvalue weighted by molar-refractivity contribution is -0.140. The van der Waals surface area contributed by atoms with Gasteiger partial charge in [0.2, 0.25) is 0 Å². The minimum Gasteiger partial charge on any atom is -0.463 e. The second-order valence-corrected chi connectivity index (χ2v) is 12.4. The molecule has 0 fully saturated rings. The van der Waals surface area contributed by atoms with Gasteiger partial charge in [0.05, 0.1) is 32.8 Å². The van der Waals surface area contributed by atoms with Crippen molar-refractivity contribution < 1.29 is 22.7 Å². The van der Waals surface area contributed by atoms with Crippen LogP contribution in [0, 0.1) is 0 Å². The number of ether oxygens (including phenoxy) is 1. The van der Waals surface area contributed by atoms with Crippen LogP contribution in [0.25, 0.3) is 17.0 Å². The summed E-state index contributed by atoms with van der Waals surface area (Å²) in [5, 5.41) is 2.01. The molecule has 13 heteroatoms. The maximum atomic E-state index is 14.4. The van der Waals surface area contributed by atoms with Gasteiger partial charge in [0.15, 0.2) is 10.5 Å². The van der Waals surface area contributed by atoms with Gasteiger partial charge in [-0.2, -0.15) is 13.2 Å². The molecule has 0 amide bonds. The van der Waals surface area contributed by atoms with E-state index in [0.29, 0.717) is 27.2 Å². The number of halogens is 6. The van der Waals surface area contributed by atoms with E-state index in [4.69, 9.17) is 39.5 Å². The van der Waals surface area contributed by atoms with Crippen molar-refractivity contribution in [2.75, 3.05) is 6.61 Å². The van der Waals surface area contributed by atoms with E-state index in [0.717, 1.165) is 32.4 Å². The van der Waals surface area contributed by atoms with Crippen LogP contribution in [0.5, 0.6) is 0 Å². The highest BCUT2D eigenvalue weighted by atomic mass is 35.5. The standard InChI is InChI=1S/C32H21Cl3F3N3O3S/c1-2-44-30(43)26-27(18-8-10-20(33)11-9-18)41-29(42)25(45-31(41)39-28(26)32(36,37)38)14-19-16-40(24-6-4-3-5-21(19)24)15-17-7-12-22(34)23(35)13-17/h3-14,16,27H,2,15H2,1H3/b25-14-/t27-/m0/s1. The third kappa shape index (κ3) is 5.95. The van der Waals surface area contributed by atoms with Gasteiger partial charge in [0, 0.05) is 34.2 Å². The average molecular weight is 691 g/mol. The third-order valence-corrected chi connectivity index (χ3v) is 9.20. The molecule has 1 aliphatic heterocycles. The number of hydrogen-bond donors (Lipinski definition) is 0. The van der Waals surface area contributed by atoms with Crippen LogP contribution in [-0.2, 0) is 16.1 Å². The number of carbonyl (C=O) groups is 1. The van der Waals surface area contributed by atoms with Crippen LogP contribution in [-0.4, -0.2) is 27.9 Å². The lowest BCUT2D eigenvalue weighted by Crippen LogP contribution is -2.41. The number of fused-ring (bicyclic) bond motifs is 2. The van der Waals surface area contributed by atoms with Crippen molar-refractivity contribution in [1.29, 1.82) is 0 Å². The Hall–Kier alpha value is -3.83. The topological polar surface area (TPSA) is 65.6 Å². The number of rotatable bonds is 6. The Morgan fingerprint density at radius 3 is 2.47 bits per heavy atom. The van der Waals surface area contributed by atoms with Crippen LogP contribution in [0.3, 0.4) is 0 Å². The number of alkyl halides is 3. The van der Waals surface area contributed by atoms with E-state index >= 15 is 0 Å². The molecule has 0 saturated heterocycles. The smallest absolute Gasteiger partial charge is 0.434 e. The van der Waals surface area contributed by atoms with Gasteiger partial charge >= 0.3 is 12.1 Å². The van der Waals surface area contributed by atoms with Crippen molar-refractivity contribution in [2.24, 2.45) is 4.99 Å². The Morgan fingerprint density at radius 1 is 1.04 bits per heavy atom. The first-order valence-corrected chi connectivity index (χ1v) is 15.5. The molecule has 2 aromatic heterocycles. The molecular formula is C32H21Cl3F3N3O3S. The third-order valence-electron chi connectivity index (χ3n) is 7.22. The van der Waals surface area contributed by atoms with Crippen molar-refractivity contribution >= 4 is 69.1 Å². The van der Waals surface area contributed by atoms with Gasteiger partial charge in [0.1, 0.15) is 0 Å². The minimum atomic E-state index is -5.00. The summed E-state index contributed by atoms with van der Waals surface area (Å²) in [6.07, 6.45) is -1.52. The quantitative estimate of drug-likeness (QED) is 0.176. The van der Waals surface area contributed by atoms with E-state index in [1.54, 1.807) is 18.2 Å². The van der Waals surface area contributed by atoms with Gasteiger partial charge in [-0.25, -0.2) is 9.79 Å². The molecule has 0 N–H and O–H groups in total. The predicted molar refractivity (Wildman–Crippen MR) is 170 cm³/mol. The summed E-state index contributed by atoms with van der Waals surface area (Å²) >= 11 is 19.2. The average Bonchev–Trinajstić information content (AvgIpc) is 3.50. The Balaban J connectivity index is 1.56. The summed E-state index contributed by atoms with van der Waals surface area (Å²) in [7, 11) is 0. The number of hydrogen-bond acceptors (Lipinski definition) is 5. The lowest BCUT2D eigenvalue weighted by Gasteiger charge is -2.26. The fourth-order valence-corrected chi connectivity index (χ4v) is 6.74. The molecule has 6 rings (SSSR count). The van der Waals surface area contributed by atoms with Gasteiger partial charge in [-0.1, -0.05) is 82.5 Å². The monoisotopic (exact) mass is 689 g/mol. The lowest BCUT2D eigenvalue weighted by atomic mass is 9.95. The molecule has 0 saturated carbocycles. The highest BCUT2D eigenvalue weighted by Crippen LogP contribution is 2.38. The van der Waals surface area contributed by atoms with Crippen LogP contribution in [0.15, 0.2) is 94.0 Å². The van der Waals surface area contributed by atoms with Gasteiger partial charge in [0.25, 0.3) is 5.56 Å². The number of para-hydroxylation sites is 1. The Morgan fingerprint density at radius 2 is 1.78 bits per heavy atom. The summed E-state index contributed by atoms with van der Waals surface area (Å²) in [5.41, 5.74) is -0.126. The number of allylic oxidation sites excluding steroid dienone is 1. The molecule has 0 aliphatic carbocycles. The summed E-state index contributed by atoms with van der Waals surface area (Å²) < 4.78 is 51.5. The largest absolute Gasteiger partial charge is 0.463 e. The SMILES string of the molecule is CCOC(=O)C1=C(C(F)(F)F)N=c2s/c(=C\c3cn(Cc4ccc(Cl)c(Cl)c4)c4ccccc34)c(=O)n2[C@H]1c1ccc(Cl)cc1. The van der Waals surface area contributed by atoms with Gasteiger partial charge in [-0.05, 0) is 54.5 Å². The molecule has 0 bridgehead atoms. The molecule has 0 radical (unpaired) electrons. The summed E-state index contributed by atoms with van der Waals surface area (Å²) in [4.78, 5) is 30.7. The van der Waals surface area contributed by atoms with Crippen molar-refractivity contribution in [3.63, 3.8) is 0 Å². The fraction of sp³-hybridized carbons (Fsp3) is 0.156. The first kappa shape index (κ1) is 31.2. The summed E-state index contributed by atoms with van der Waals surface area (Å²) in [6.45, 7) is 1.76. The zero-order valence-corrected chi connectivity index (χ0v) is 26.3. The fourth-order valence-electron chi connectivity index (χ4n) is 5.30. The molecule has 3 aromatic carbocycles. The van der Waals surface area contributed by atoms with Crippen molar-refractivity contribution in [3.8, 4) is 0 Å². The number of esters is 1. The van der Waals surface area contributed by atoms with Crippen molar-refractivity contribution in [2.45, 2.75) is 25.7 Å². The molecule has 6 nitrogen and oxygen atoms in total. The van der Waals surface area contributed by atoms with E-state index in [1.807, 2.05) is 41.1 Å². The number of thiazole rings is 1. The van der Waals surface area contributed by atoms with Crippen LogP contribution in [0.4, 0.5) is 13.2 Å². The molecule has 0 spiro atoms. The van der Waals surface area contributed by atoms with Gasteiger partial charge in [-0.15, -0.1) is 0 Å². The molecule has 0 unspecified atom stereocenters. The molecule has 230 valence electrons. The molecule has 5 aromatic rings. The normalized spacial score (nSPS) is 15.4. The maximum Gasteiger partial charge on any atom is 0.434 e. The van der Waals surface area contributed by atoms with Crippen LogP contribution < -0.4 is 14.9 Å². The van der Waals surface area contributed by atoms with Crippen LogP contribution in [0.1, 0.15) is 29.7 Å². The minimum absolute atomic E-state index is 0.136. The highest BCUT2D eigenvalue weighted by Gasteiger charge is 2.45. The van der Waals surface area contributed by atoms with E-state index in [1.165, 1.54) is 31.2 Å². The van der Waals surface area contributed by atoms with E-state index < -0.39 is 35.0 Å². The van der Waals surface area contributed by atoms with Crippen LogP contribution in [0.2, 0.25) is 15.1 Å². The highest BCUT2D eigenvalue weighted by molar-refractivity contribution is 7.07. The molecule has 45 heavy (non-hydrogen) atoms. The Labute approximate surface area is 272 Å². The predicted octanol–water partition coefficient (Wildman–Crippen LogP) is 7.30.